The monoisotopic (exact) mass is 266 g/mol. The van der Waals surface area contributed by atoms with Crippen molar-refractivity contribution in [2.24, 2.45) is 0 Å². The lowest BCUT2D eigenvalue weighted by molar-refractivity contribution is 0.457. The van der Waals surface area contributed by atoms with Gasteiger partial charge in [0, 0.05) is 4.83 Å². The third-order valence-corrected chi connectivity index (χ3v) is 4.31. The predicted molar refractivity (Wildman–Crippen MR) is 69.8 cm³/mol. The molecule has 1 saturated carbocycles. The first-order chi connectivity index (χ1) is 7.16. The van der Waals surface area contributed by atoms with Gasteiger partial charge >= 0.3 is 0 Å². The van der Waals surface area contributed by atoms with Crippen LogP contribution in [0.3, 0.4) is 0 Å². The molecule has 2 unspecified atom stereocenters. The summed E-state index contributed by atoms with van der Waals surface area (Å²) in [6.45, 7) is 4.42. The first-order valence-electron chi connectivity index (χ1n) is 5.88. The molecule has 0 amide bonds. The molecular formula is C14H19Br. The maximum atomic E-state index is 3.76. The molecule has 0 aliphatic heterocycles. The number of hydrogen-bond acceptors (Lipinski definition) is 0. The van der Waals surface area contributed by atoms with E-state index in [2.05, 4.69) is 48.0 Å². The first kappa shape index (κ1) is 11.2. The van der Waals surface area contributed by atoms with Crippen LogP contribution in [0, 0.1) is 13.8 Å². The Labute approximate surface area is 101 Å². The summed E-state index contributed by atoms with van der Waals surface area (Å²) < 4.78 is 0. The molecule has 1 aromatic rings. The highest BCUT2D eigenvalue weighted by atomic mass is 79.9. The minimum absolute atomic E-state index is 0.733. The largest absolute Gasteiger partial charge is 0.0890 e. The minimum atomic E-state index is 0.733. The summed E-state index contributed by atoms with van der Waals surface area (Å²) in [5.74, 6) is 0.781. The van der Waals surface area contributed by atoms with Crippen LogP contribution in [0.25, 0.3) is 0 Å². The summed E-state index contributed by atoms with van der Waals surface area (Å²) >= 11 is 3.76. The van der Waals surface area contributed by atoms with Crippen molar-refractivity contribution in [3.63, 3.8) is 0 Å². The Balaban J connectivity index is 2.21. The molecule has 0 aromatic heterocycles. The Morgan fingerprint density at radius 3 is 2.67 bits per heavy atom. The highest BCUT2D eigenvalue weighted by Crippen LogP contribution is 2.37. The van der Waals surface area contributed by atoms with Crippen LogP contribution >= 0.6 is 15.9 Å². The maximum Gasteiger partial charge on any atom is 0.0151 e. The Morgan fingerprint density at radius 1 is 1.20 bits per heavy atom. The van der Waals surface area contributed by atoms with Gasteiger partial charge in [0.25, 0.3) is 0 Å². The molecule has 1 aliphatic rings. The molecule has 2 atom stereocenters. The van der Waals surface area contributed by atoms with Gasteiger partial charge in [-0.2, -0.15) is 0 Å². The van der Waals surface area contributed by atoms with Gasteiger partial charge in [-0.3, -0.25) is 0 Å². The van der Waals surface area contributed by atoms with E-state index in [-0.39, 0.29) is 0 Å². The zero-order valence-corrected chi connectivity index (χ0v) is 11.2. The summed E-state index contributed by atoms with van der Waals surface area (Å²) in [4.78, 5) is 0.733. The lowest BCUT2D eigenvalue weighted by Gasteiger charge is -2.27. The van der Waals surface area contributed by atoms with Crippen LogP contribution < -0.4 is 0 Å². The SMILES string of the molecule is Cc1ccc(C2CCCC(Br)C2)c(C)c1. The van der Waals surface area contributed by atoms with E-state index in [1.54, 1.807) is 5.56 Å². The van der Waals surface area contributed by atoms with Crippen LogP contribution in [0.5, 0.6) is 0 Å². The zero-order valence-electron chi connectivity index (χ0n) is 9.59. The van der Waals surface area contributed by atoms with E-state index in [4.69, 9.17) is 0 Å². The van der Waals surface area contributed by atoms with E-state index in [1.807, 2.05) is 0 Å². The molecule has 0 nitrogen and oxygen atoms in total. The van der Waals surface area contributed by atoms with Gasteiger partial charge in [0.05, 0.1) is 0 Å². The Hall–Kier alpha value is -0.300. The van der Waals surface area contributed by atoms with Crippen molar-refractivity contribution in [3.05, 3.63) is 34.9 Å². The fraction of sp³-hybridized carbons (Fsp3) is 0.571. The van der Waals surface area contributed by atoms with E-state index in [0.717, 1.165) is 10.7 Å². The van der Waals surface area contributed by atoms with Crippen LogP contribution in [-0.4, -0.2) is 4.83 Å². The van der Waals surface area contributed by atoms with Crippen molar-refractivity contribution in [2.75, 3.05) is 0 Å². The normalized spacial score (nSPS) is 26.6. The van der Waals surface area contributed by atoms with Gasteiger partial charge in [-0.25, -0.2) is 0 Å². The predicted octanol–water partition coefficient (Wildman–Crippen LogP) is 4.72. The summed E-state index contributed by atoms with van der Waals surface area (Å²) in [7, 11) is 0. The van der Waals surface area contributed by atoms with Gasteiger partial charge in [0.2, 0.25) is 0 Å². The average molecular weight is 267 g/mol. The molecule has 1 aliphatic carbocycles. The van der Waals surface area contributed by atoms with Crippen molar-refractivity contribution in [2.45, 2.75) is 50.3 Å². The Morgan fingerprint density at radius 2 is 2.00 bits per heavy atom. The highest BCUT2D eigenvalue weighted by Gasteiger charge is 2.22. The van der Waals surface area contributed by atoms with E-state index < -0.39 is 0 Å². The summed E-state index contributed by atoms with van der Waals surface area (Å²) in [5, 5.41) is 0. The quantitative estimate of drug-likeness (QED) is 0.645. The van der Waals surface area contributed by atoms with Gasteiger partial charge in [-0.1, -0.05) is 46.1 Å². The van der Waals surface area contributed by atoms with Gasteiger partial charge < -0.3 is 0 Å². The minimum Gasteiger partial charge on any atom is -0.0890 e. The number of alkyl halides is 1. The Kier molecular flexibility index (Phi) is 3.50. The maximum absolute atomic E-state index is 3.76. The number of benzene rings is 1. The molecule has 15 heavy (non-hydrogen) atoms. The first-order valence-corrected chi connectivity index (χ1v) is 6.79. The highest BCUT2D eigenvalue weighted by molar-refractivity contribution is 9.09. The van der Waals surface area contributed by atoms with Crippen molar-refractivity contribution >= 4 is 15.9 Å². The second-order valence-corrected chi connectivity index (χ2v) is 6.12. The van der Waals surface area contributed by atoms with E-state index in [9.17, 15) is 0 Å². The molecule has 0 saturated heterocycles. The van der Waals surface area contributed by atoms with Crippen molar-refractivity contribution in [1.29, 1.82) is 0 Å². The molecule has 0 bridgehead atoms. The van der Waals surface area contributed by atoms with Gasteiger partial charge in [-0.05, 0) is 50.2 Å². The smallest absolute Gasteiger partial charge is 0.0151 e. The summed E-state index contributed by atoms with van der Waals surface area (Å²) in [6.07, 6.45) is 5.39. The van der Waals surface area contributed by atoms with Crippen LogP contribution in [-0.2, 0) is 0 Å². The second kappa shape index (κ2) is 4.69. The second-order valence-electron chi connectivity index (χ2n) is 4.82. The average Bonchev–Trinajstić information content (AvgIpc) is 2.17. The zero-order chi connectivity index (χ0) is 10.8. The van der Waals surface area contributed by atoms with Crippen LogP contribution in [0.2, 0.25) is 0 Å². The fourth-order valence-electron chi connectivity index (χ4n) is 2.70. The number of rotatable bonds is 1. The molecule has 0 heterocycles. The number of halogens is 1. The fourth-order valence-corrected chi connectivity index (χ4v) is 3.47. The van der Waals surface area contributed by atoms with Crippen LogP contribution in [0.1, 0.15) is 48.3 Å². The molecule has 0 spiro atoms. The van der Waals surface area contributed by atoms with E-state index in [1.165, 1.54) is 36.8 Å². The standard InChI is InChI=1S/C14H19Br/c1-10-6-7-14(11(2)8-10)12-4-3-5-13(15)9-12/h6-8,12-13H,3-5,9H2,1-2H3. The van der Waals surface area contributed by atoms with Crippen molar-refractivity contribution in [1.82, 2.24) is 0 Å². The van der Waals surface area contributed by atoms with Crippen LogP contribution in [0.4, 0.5) is 0 Å². The van der Waals surface area contributed by atoms with Gasteiger partial charge in [0.1, 0.15) is 0 Å². The lowest BCUT2D eigenvalue weighted by atomic mass is 9.82. The topological polar surface area (TPSA) is 0 Å². The molecule has 0 N–H and O–H groups in total. The molecule has 2 rings (SSSR count). The number of aryl methyl sites for hydroxylation is 2. The van der Waals surface area contributed by atoms with Crippen LogP contribution in [0.15, 0.2) is 18.2 Å². The Bertz CT molecular complexity index is 343. The van der Waals surface area contributed by atoms with Crippen molar-refractivity contribution in [3.8, 4) is 0 Å². The molecule has 1 fully saturated rings. The van der Waals surface area contributed by atoms with E-state index in [0.29, 0.717) is 0 Å². The molecule has 82 valence electrons. The molecule has 1 heteroatoms. The summed E-state index contributed by atoms with van der Waals surface area (Å²) in [5.41, 5.74) is 4.42. The third kappa shape index (κ3) is 2.63. The number of hydrogen-bond donors (Lipinski definition) is 0. The molecule has 0 radical (unpaired) electrons. The van der Waals surface area contributed by atoms with Crippen molar-refractivity contribution < 1.29 is 0 Å². The third-order valence-electron chi connectivity index (χ3n) is 3.48. The molecular weight excluding hydrogens is 248 g/mol. The van der Waals surface area contributed by atoms with Gasteiger partial charge in [-0.15, -0.1) is 0 Å². The summed E-state index contributed by atoms with van der Waals surface area (Å²) in [6, 6.07) is 6.90. The lowest BCUT2D eigenvalue weighted by Crippen LogP contribution is -2.14. The molecule has 1 aromatic carbocycles. The van der Waals surface area contributed by atoms with E-state index >= 15 is 0 Å². The van der Waals surface area contributed by atoms with Gasteiger partial charge in [0.15, 0.2) is 0 Å².